The van der Waals surface area contributed by atoms with Gasteiger partial charge in [-0.1, -0.05) is 32.2 Å². The van der Waals surface area contributed by atoms with Gasteiger partial charge in [-0.15, -0.1) is 0 Å². The van der Waals surface area contributed by atoms with E-state index in [0.29, 0.717) is 61.4 Å². The number of phenolic OH excluding ortho intramolecular Hbond substituents is 1. The van der Waals surface area contributed by atoms with Crippen LogP contribution in [0, 0.1) is 17.0 Å². The highest BCUT2D eigenvalue weighted by Gasteiger charge is 2.39. The summed E-state index contributed by atoms with van der Waals surface area (Å²) in [4.78, 5) is 45.2. The zero-order valence-electron chi connectivity index (χ0n) is 36.7. The van der Waals surface area contributed by atoms with Crippen molar-refractivity contribution in [2.75, 3.05) is 65.3 Å². The van der Waals surface area contributed by atoms with Gasteiger partial charge in [0, 0.05) is 75.2 Å². The van der Waals surface area contributed by atoms with Crippen LogP contribution in [0.25, 0.3) is 6.08 Å². The number of carbonyl (C=O) groups excluding carboxylic acids is 3. The van der Waals surface area contributed by atoms with Crippen LogP contribution < -0.4 is 10.2 Å². The lowest BCUT2D eigenvalue weighted by atomic mass is 9.71. The van der Waals surface area contributed by atoms with E-state index < -0.39 is 17.7 Å². The Morgan fingerprint density at radius 3 is 2.21 bits per heavy atom. The van der Waals surface area contributed by atoms with Crippen LogP contribution in [0.4, 0.5) is 14.5 Å². The maximum atomic E-state index is 15.7. The van der Waals surface area contributed by atoms with Gasteiger partial charge in [-0.2, -0.15) is 0 Å². The number of piperidine rings is 2. The van der Waals surface area contributed by atoms with Crippen LogP contribution in [0.3, 0.4) is 0 Å². The summed E-state index contributed by atoms with van der Waals surface area (Å²) < 4.78 is 31.4. The van der Waals surface area contributed by atoms with Crippen LogP contribution in [0.5, 0.6) is 5.75 Å². The SMILES string of the molecule is C=Cc1cc2c(cc1C(=O)N(C)C(CCC=O)C(=C)NC)CN(CC=O)C2.CCN1C(c2c(F)cc(N3CCC4(CCN(C)CC4)CC3)cc2F)c2ccc(O)cc2C[C@H]1C. The van der Waals surface area contributed by atoms with E-state index in [1.807, 2.05) is 30.0 Å². The van der Waals surface area contributed by atoms with E-state index in [0.717, 1.165) is 85.8 Å². The largest absolute Gasteiger partial charge is 0.508 e. The fraction of sp³-hybridized carbons (Fsp3) is 0.490. The number of carbonyl (C=O) groups is 3. The third-order valence-corrected chi connectivity index (χ3v) is 13.8. The Labute approximate surface area is 360 Å². The van der Waals surface area contributed by atoms with Crippen LogP contribution in [0.1, 0.15) is 102 Å². The minimum atomic E-state index is -0.498. The van der Waals surface area contributed by atoms with Gasteiger partial charge in [0.2, 0.25) is 0 Å². The fourth-order valence-corrected chi connectivity index (χ4v) is 10.0. The molecule has 4 aliphatic heterocycles. The van der Waals surface area contributed by atoms with Crippen molar-refractivity contribution in [3.8, 4) is 5.75 Å². The van der Waals surface area contributed by atoms with E-state index in [1.54, 1.807) is 37.2 Å². The average Bonchev–Trinajstić information content (AvgIpc) is 3.65. The summed E-state index contributed by atoms with van der Waals surface area (Å²) in [6.45, 7) is 18.3. The second-order valence-corrected chi connectivity index (χ2v) is 17.5. The molecule has 328 valence electrons. The van der Waals surface area contributed by atoms with Crippen LogP contribution in [0.15, 0.2) is 61.3 Å². The number of phenols is 1. The molecule has 2 N–H and O–H groups in total. The number of nitrogens with zero attached hydrogens (tertiary/aromatic N) is 5. The Bertz CT molecular complexity index is 2070. The minimum Gasteiger partial charge on any atom is -0.508 e. The summed E-state index contributed by atoms with van der Waals surface area (Å²) in [5, 5.41) is 13.0. The van der Waals surface area contributed by atoms with Crippen molar-refractivity contribution in [2.24, 2.45) is 5.41 Å². The molecule has 4 aliphatic rings. The molecule has 0 aromatic heterocycles. The highest BCUT2D eigenvalue weighted by atomic mass is 19.1. The number of hydrogen-bond donors (Lipinski definition) is 2. The van der Waals surface area contributed by atoms with Gasteiger partial charge in [-0.05, 0) is 142 Å². The van der Waals surface area contributed by atoms with Crippen LogP contribution in [-0.2, 0) is 29.1 Å². The molecule has 1 amide bonds. The van der Waals surface area contributed by atoms with Gasteiger partial charge in [-0.3, -0.25) is 14.6 Å². The van der Waals surface area contributed by atoms with Crippen molar-refractivity contribution in [3.63, 3.8) is 0 Å². The molecule has 3 aromatic carbocycles. The lowest BCUT2D eigenvalue weighted by Gasteiger charge is -2.47. The predicted molar refractivity (Wildman–Crippen MR) is 239 cm³/mol. The number of amides is 1. The fourth-order valence-electron chi connectivity index (χ4n) is 10.0. The molecule has 10 nitrogen and oxygen atoms in total. The standard InChI is InChI=1S/C28H37F2N3O.C21H27N3O3/c1-4-33-19(2)15-20-16-22(34)5-6-23(20)27(33)26-24(29)17-21(18-25(26)30)32-13-9-28(10-14-32)7-11-31(3)12-8-28;1-5-16-11-17-13-24(8-10-26)14-18(17)12-19(16)21(27)23(4)20(7-6-9-25)15(2)22-3/h5-6,16-19,27,34H,4,7-15H2,1-3H3;5,9-12,20,22H,1-2,6-8,13-14H2,3-4H3/t19-,27?;/m1./s1. The summed E-state index contributed by atoms with van der Waals surface area (Å²) in [6, 6.07) is 11.5. The number of halogens is 2. The van der Waals surface area contributed by atoms with E-state index >= 15 is 8.78 Å². The second kappa shape index (κ2) is 19.9. The normalized spacial score (nSPS) is 20.5. The number of anilines is 1. The molecule has 3 atom stereocenters. The van der Waals surface area contributed by atoms with Gasteiger partial charge in [0.1, 0.15) is 30.0 Å². The summed E-state index contributed by atoms with van der Waals surface area (Å²) >= 11 is 0. The minimum absolute atomic E-state index is 0.118. The molecule has 0 radical (unpaired) electrons. The molecule has 4 heterocycles. The first-order valence-electron chi connectivity index (χ1n) is 21.8. The zero-order chi connectivity index (χ0) is 44.0. The van der Waals surface area contributed by atoms with Crippen molar-refractivity contribution < 1.29 is 28.3 Å². The molecular weight excluding hydrogens is 775 g/mol. The van der Waals surface area contributed by atoms with E-state index in [2.05, 4.69) is 47.1 Å². The van der Waals surface area contributed by atoms with Crippen LogP contribution in [-0.4, -0.2) is 116 Å². The van der Waals surface area contributed by atoms with Gasteiger partial charge in [0.15, 0.2) is 0 Å². The van der Waals surface area contributed by atoms with Crippen molar-refractivity contribution in [1.29, 1.82) is 0 Å². The number of hydrogen-bond acceptors (Lipinski definition) is 9. The van der Waals surface area contributed by atoms with Gasteiger partial charge in [-0.25, -0.2) is 8.78 Å². The lowest BCUT2D eigenvalue weighted by molar-refractivity contribution is -0.109. The first kappa shape index (κ1) is 45.6. The molecule has 61 heavy (non-hydrogen) atoms. The predicted octanol–water partition coefficient (Wildman–Crippen LogP) is 7.34. The molecule has 0 aliphatic carbocycles. The van der Waals surface area contributed by atoms with Crippen molar-refractivity contribution in [1.82, 2.24) is 24.9 Å². The number of nitrogens with one attached hydrogen (secondary N) is 1. The van der Waals surface area contributed by atoms with Gasteiger partial charge >= 0.3 is 0 Å². The van der Waals surface area contributed by atoms with Crippen LogP contribution in [0.2, 0.25) is 0 Å². The molecule has 0 bridgehead atoms. The molecule has 1 spiro atoms. The molecule has 0 saturated carbocycles. The molecule has 2 saturated heterocycles. The van der Waals surface area contributed by atoms with Gasteiger partial charge < -0.3 is 34.7 Å². The maximum absolute atomic E-state index is 15.7. The Balaban J connectivity index is 0.000000210. The second-order valence-electron chi connectivity index (χ2n) is 17.5. The van der Waals surface area contributed by atoms with E-state index in [1.165, 1.54) is 25.0 Å². The smallest absolute Gasteiger partial charge is 0.254 e. The Morgan fingerprint density at radius 2 is 1.62 bits per heavy atom. The van der Waals surface area contributed by atoms with Gasteiger partial charge in [0.05, 0.1) is 18.6 Å². The molecule has 2 fully saturated rings. The number of fused-ring (bicyclic) bond motifs is 2. The molecular formula is C49H64F2N6O4. The topological polar surface area (TPSA) is 99.7 Å². The first-order chi connectivity index (χ1) is 29.3. The summed E-state index contributed by atoms with van der Waals surface area (Å²) in [5.41, 5.74) is 7.20. The number of likely N-dealkylation sites (N-methyl/N-ethyl adjacent to an activating group) is 3. The molecule has 2 unspecified atom stereocenters. The molecule has 12 heteroatoms. The quantitative estimate of drug-likeness (QED) is 0.172. The highest BCUT2D eigenvalue weighted by Crippen LogP contribution is 2.44. The maximum Gasteiger partial charge on any atom is 0.254 e. The lowest BCUT2D eigenvalue weighted by Crippen LogP contribution is -2.46. The van der Waals surface area contributed by atoms with E-state index in [-0.39, 0.29) is 29.3 Å². The third-order valence-electron chi connectivity index (χ3n) is 13.8. The summed E-state index contributed by atoms with van der Waals surface area (Å²) in [7, 11) is 5.66. The number of aromatic hydroxyl groups is 1. The number of likely N-dealkylation sites (tertiary alicyclic amines) is 1. The Kier molecular flexibility index (Phi) is 14.8. The number of rotatable bonds is 13. The molecule has 3 aromatic rings. The highest BCUT2D eigenvalue weighted by molar-refractivity contribution is 5.98. The monoisotopic (exact) mass is 838 g/mol. The van der Waals surface area contributed by atoms with Crippen molar-refractivity contribution in [2.45, 2.75) is 90.0 Å². The van der Waals surface area contributed by atoms with Crippen molar-refractivity contribution >= 4 is 30.2 Å². The van der Waals surface area contributed by atoms with E-state index in [4.69, 9.17) is 0 Å². The number of aldehydes is 2. The third kappa shape index (κ3) is 9.92. The summed E-state index contributed by atoms with van der Waals surface area (Å²) in [5.74, 6) is -0.912. The Hall–Kier alpha value is -4.91. The first-order valence-corrected chi connectivity index (χ1v) is 21.8. The van der Waals surface area contributed by atoms with E-state index in [9.17, 15) is 19.5 Å². The Morgan fingerprint density at radius 1 is 0.984 bits per heavy atom. The van der Waals surface area contributed by atoms with Crippen molar-refractivity contribution in [3.05, 3.63) is 112 Å². The molecule has 7 rings (SSSR count). The summed E-state index contributed by atoms with van der Waals surface area (Å²) in [6.07, 6.45) is 9.65. The number of benzene rings is 3. The van der Waals surface area contributed by atoms with Crippen LogP contribution >= 0.6 is 0 Å². The average molecular weight is 839 g/mol. The zero-order valence-corrected chi connectivity index (χ0v) is 36.7. The van der Waals surface area contributed by atoms with Gasteiger partial charge in [0.25, 0.3) is 5.91 Å².